The van der Waals surface area contributed by atoms with Gasteiger partial charge < -0.3 is 4.74 Å². The predicted molar refractivity (Wildman–Crippen MR) is 67.7 cm³/mol. The summed E-state index contributed by atoms with van der Waals surface area (Å²) in [5, 5.41) is 0. The molecule has 0 aromatic carbocycles. The summed E-state index contributed by atoms with van der Waals surface area (Å²) in [4.78, 5) is 15.7. The van der Waals surface area contributed by atoms with Crippen LogP contribution in [0.3, 0.4) is 0 Å². The molecule has 2 rings (SSSR count). The van der Waals surface area contributed by atoms with Gasteiger partial charge in [-0.05, 0) is 18.1 Å². The fraction of sp³-hybridized carbons (Fsp3) is 0.455. The lowest BCUT2D eigenvalue weighted by atomic mass is 9.93. The number of hydrogen-bond donors (Lipinski definition) is 0. The highest BCUT2D eigenvalue weighted by molar-refractivity contribution is 9.10. The van der Waals surface area contributed by atoms with Crippen LogP contribution in [0.25, 0.3) is 0 Å². The van der Waals surface area contributed by atoms with Gasteiger partial charge in [0.25, 0.3) is 0 Å². The topological polar surface area (TPSA) is 39.2 Å². The lowest BCUT2D eigenvalue weighted by Gasteiger charge is -2.31. The molecule has 1 aromatic rings. The number of fused-ring (bicyclic) bond motifs is 1. The highest BCUT2D eigenvalue weighted by atomic mass is 79.9. The van der Waals surface area contributed by atoms with E-state index in [-0.39, 0.29) is 21.7 Å². The maximum absolute atomic E-state index is 11.1. The third kappa shape index (κ3) is 2.30. The van der Waals surface area contributed by atoms with Gasteiger partial charge in [-0.2, -0.15) is 0 Å². The Morgan fingerprint density at radius 2 is 2.31 bits per heavy atom. The molecule has 3 nitrogen and oxygen atoms in total. The number of alkyl halides is 2. The van der Waals surface area contributed by atoms with E-state index < -0.39 is 0 Å². The maximum atomic E-state index is 11.1. The van der Waals surface area contributed by atoms with Crippen molar-refractivity contribution in [1.82, 2.24) is 4.98 Å². The number of rotatable bonds is 1. The normalized spacial score (nSPS) is 28.3. The number of pyridine rings is 1. The number of nitrogens with zero attached hydrogens (tertiary/aromatic N) is 1. The summed E-state index contributed by atoms with van der Waals surface area (Å²) in [6.45, 7) is 1.42. The Bertz CT molecular complexity index is 411. The molecule has 0 spiro atoms. The third-order valence-electron chi connectivity index (χ3n) is 2.53. The summed E-state index contributed by atoms with van der Waals surface area (Å²) in [7, 11) is 0. The van der Waals surface area contributed by atoms with E-state index in [1.807, 2.05) is 12.1 Å². The molecule has 1 aliphatic carbocycles. The largest absolute Gasteiger partial charge is 0.455 e. The minimum atomic E-state index is -0.289. The van der Waals surface area contributed by atoms with E-state index in [0.717, 1.165) is 17.7 Å². The molecule has 0 saturated heterocycles. The molecule has 1 aromatic heterocycles. The fourth-order valence-corrected chi connectivity index (χ4v) is 3.88. The number of carbonyl (C=O) groups excluding carboxylic acids is 1. The second kappa shape index (κ2) is 4.84. The van der Waals surface area contributed by atoms with Crippen molar-refractivity contribution >= 4 is 37.8 Å². The number of carbonyl (C=O) groups is 1. The highest BCUT2D eigenvalue weighted by Gasteiger charge is 2.35. The molecule has 16 heavy (non-hydrogen) atoms. The first-order chi connectivity index (χ1) is 7.59. The van der Waals surface area contributed by atoms with E-state index in [1.165, 1.54) is 6.92 Å². The van der Waals surface area contributed by atoms with Crippen LogP contribution < -0.4 is 0 Å². The molecule has 3 unspecified atom stereocenters. The second-order valence-corrected chi connectivity index (χ2v) is 6.01. The van der Waals surface area contributed by atoms with Gasteiger partial charge in [0.1, 0.15) is 0 Å². The Morgan fingerprint density at radius 3 is 3.00 bits per heavy atom. The minimum absolute atomic E-state index is 0.100. The molecule has 1 heterocycles. The second-order valence-electron chi connectivity index (χ2n) is 3.73. The maximum Gasteiger partial charge on any atom is 0.303 e. The zero-order valence-corrected chi connectivity index (χ0v) is 11.9. The van der Waals surface area contributed by atoms with Crippen LogP contribution in [0.5, 0.6) is 0 Å². The Kier molecular flexibility index (Phi) is 3.64. The molecule has 0 aliphatic heterocycles. The number of ether oxygens (including phenoxy) is 1. The lowest BCUT2D eigenvalue weighted by Crippen LogP contribution is -2.26. The molecular weight excluding hydrogens is 338 g/mol. The number of esters is 1. The molecule has 0 fully saturated rings. The Hall–Kier alpha value is -0.420. The van der Waals surface area contributed by atoms with Crippen LogP contribution in [0.1, 0.15) is 35.5 Å². The van der Waals surface area contributed by atoms with Gasteiger partial charge in [-0.3, -0.25) is 9.78 Å². The van der Waals surface area contributed by atoms with Crippen molar-refractivity contribution in [2.75, 3.05) is 0 Å². The summed E-state index contributed by atoms with van der Waals surface area (Å²) in [5.41, 5.74) is 1.94. The molecule has 0 radical (unpaired) electrons. The van der Waals surface area contributed by atoms with E-state index >= 15 is 0 Å². The first-order valence-corrected chi connectivity index (χ1v) is 6.83. The van der Waals surface area contributed by atoms with E-state index in [2.05, 4.69) is 36.8 Å². The Labute approximate surface area is 111 Å². The van der Waals surface area contributed by atoms with Crippen molar-refractivity contribution in [3.8, 4) is 0 Å². The standard InChI is InChI=1S/C11H11Br2NO2/c1-6(15)16-11-9(13)5-8(12)7-3-2-4-14-10(7)11/h2-4,8-9,11H,5H2,1H3. The lowest BCUT2D eigenvalue weighted by molar-refractivity contribution is -0.147. The first kappa shape index (κ1) is 12.0. The quantitative estimate of drug-likeness (QED) is 0.577. The molecule has 3 atom stereocenters. The summed E-state index contributed by atoms with van der Waals surface area (Å²) in [5.74, 6) is -0.279. The van der Waals surface area contributed by atoms with E-state index in [0.29, 0.717) is 0 Å². The zero-order chi connectivity index (χ0) is 11.7. The molecule has 86 valence electrons. The molecule has 0 N–H and O–H groups in total. The fourth-order valence-electron chi connectivity index (χ4n) is 1.86. The van der Waals surface area contributed by atoms with Gasteiger partial charge >= 0.3 is 5.97 Å². The molecule has 5 heteroatoms. The first-order valence-electron chi connectivity index (χ1n) is 4.99. The van der Waals surface area contributed by atoms with Gasteiger partial charge in [0.05, 0.1) is 10.5 Å². The van der Waals surface area contributed by atoms with Crippen LogP contribution in [0.4, 0.5) is 0 Å². The Morgan fingerprint density at radius 1 is 1.56 bits per heavy atom. The molecule has 0 saturated carbocycles. The van der Waals surface area contributed by atoms with Crippen molar-refractivity contribution in [3.05, 3.63) is 29.6 Å². The van der Waals surface area contributed by atoms with Crippen LogP contribution in [0.2, 0.25) is 0 Å². The van der Waals surface area contributed by atoms with Gasteiger partial charge in [0.15, 0.2) is 6.10 Å². The van der Waals surface area contributed by atoms with E-state index in [4.69, 9.17) is 4.74 Å². The van der Waals surface area contributed by atoms with Gasteiger partial charge in [0, 0.05) is 17.9 Å². The zero-order valence-electron chi connectivity index (χ0n) is 8.69. The summed E-state index contributed by atoms with van der Waals surface area (Å²) in [6, 6.07) is 3.91. The van der Waals surface area contributed by atoms with Crippen molar-refractivity contribution in [2.24, 2.45) is 0 Å². The average Bonchev–Trinajstić information content (AvgIpc) is 2.24. The monoisotopic (exact) mass is 347 g/mol. The van der Waals surface area contributed by atoms with Crippen LogP contribution >= 0.6 is 31.9 Å². The predicted octanol–water partition coefficient (Wildman–Crippen LogP) is 3.29. The number of halogens is 2. The molecule has 1 aliphatic rings. The number of hydrogen-bond acceptors (Lipinski definition) is 3. The average molecular weight is 349 g/mol. The highest BCUT2D eigenvalue weighted by Crippen LogP contribution is 2.44. The summed E-state index contributed by atoms with van der Waals surface area (Å²) < 4.78 is 5.31. The van der Waals surface area contributed by atoms with E-state index in [1.54, 1.807) is 6.20 Å². The van der Waals surface area contributed by atoms with Gasteiger partial charge in [-0.15, -0.1) is 0 Å². The Balaban J connectivity index is 2.38. The molecular formula is C11H11Br2NO2. The van der Waals surface area contributed by atoms with Crippen LogP contribution in [-0.4, -0.2) is 15.8 Å². The third-order valence-corrected chi connectivity index (χ3v) is 4.25. The van der Waals surface area contributed by atoms with Gasteiger partial charge in [-0.25, -0.2) is 0 Å². The van der Waals surface area contributed by atoms with Crippen molar-refractivity contribution in [1.29, 1.82) is 0 Å². The van der Waals surface area contributed by atoms with Gasteiger partial charge in [-0.1, -0.05) is 37.9 Å². The van der Waals surface area contributed by atoms with Crippen molar-refractivity contribution in [2.45, 2.75) is 29.1 Å². The van der Waals surface area contributed by atoms with Crippen LogP contribution in [0.15, 0.2) is 18.3 Å². The summed E-state index contributed by atoms with van der Waals surface area (Å²) in [6.07, 6.45) is 2.30. The van der Waals surface area contributed by atoms with Gasteiger partial charge in [0.2, 0.25) is 0 Å². The molecule has 0 amide bonds. The molecule has 0 bridgehead atoms. The van der Waals surface area contributed by atoms with Crippen molar-refractivity contribution < 1.29 is 9.53 Å². The SMILES string of the molecule is CC(=O)OC1c2ncccc2C(Br)CC1Br. The van der Waals surface area contributed by atoms with Crippen LogP contribution in [0, 0.1) is 0 Å². The minimum Gasteiger partial charge on any atom is -0.455 e. The smallest absolute Gasteiger partial charge is 0.303 e. The number of aromatic nitrogens is 1. The van der Waals surface area contributed by atoms with E-state index in [9.17, 15) is 4.79 Å². The van der Waals surface area contributed by atoms with Crippen LogP contribution in [-0.2, 0) is 9.53 Å². The van der Waals surface area contributed by atoms with Crippen molar-refractivity contribution in [3.63, 3.8) is 0 Å². The summed E-state index contributed by atoms with van der Waals surface area (Å²) >= 11 is 7.16.